The first-order valence-corrected chi connectivity index (χ1v) is 6.72. The normalized spacial score (nSPS) is 11.5. The van der Waals surface area contributed by atoms with Crippen molar-refractivity contribution in [3.05, 3.63) is 69.1 Å². The van der Waals surface area contributed by atoms with Crippen LogP contribution in [0.2, 0.25) is 5.02 Å². The van der Waals surface area contributed by atoms with Crippen LogP contribution in [0.5, 0.6) is 5.75 Å². The zero-order valence-corrected chi connectivity index (χ0v) is 12.2. The van der Waals surface area contributed by atoms with E-state index in [4.69, 9.17) is 21.6 Å². The van der Waals surface area contributed by atoms with Crippen molar-refractivity contribution in [1.82, 2.24) is 0 Å². The first-order valence-electron chi connectivity index (χ1n) is 6.34. The van der Waals surface area contributed by atoms with Gasteiger partial charge in [0.05, 0.1) is 11.1 Å². The molecular weight excluding hydrogens is 288 g/mol. The summed E-state index contributed by atoms with van der Waals surface area (Å²) >= 11 is 6.07. The number of ether oxygens (including phenoxy) is 1. The lowest BCUT2D eigenvalue weighted by Gasteiger charge is -2.12. The van der Waals surface area contributed by atoms with Crippen LogP contribution in [-0.4, -0.2) is 0 Å². The Bertz CT molecular complexity index is 695. The molecule has 2 aromatic carbocycles. The second-order valence-corrected chi connectivity index (χ2v) is 4.97. The molecule has 0 heterocycles. The summed E-state index contributed by atoms with van der Waals surface area (Å²) in [6.45, 7) is 2.16. The SMILES string of the molecule is Cc1ccc(Cl)c(OCc2ccccc2C(C#N)N=O)c1. The van der Waals surface area contributed by atoms with Crippen molar-refractivity contribution in [3.63, 3.8) is 0 Å². The van der Waals surface area contributed by atoms with Crippen molar-refractivity contribution >= 4 is 11.6 Å². The number of hydrogen-bond donors (Lipinski definition) is 0. The molecule has 4 nitrogen and oxygen atoms in total. The number of halogens is 1. The molecular formula is C16H13ClN2O2. The number of nitrogens with zero attached hydrogens (tertiary/aromatic N) is 2. The van der Waals surface area contributed by atoms with Gasteiger partial charge in [0.1, 0.15) is 12.4 Å². The third-order valence-corrected chi connectivity index (χ3v) is 3.36. The Labute approximate surface area is 127 Å². The van der Waals surface area contributed by atoms with Crippen LogP contribution in [0.4, 0.5) is 0 Å². The lowest BCUT2D eigenvalue weighted by molar-refractivity contribution is 0.304. The standard InChI is InChI=1S/C16H13ClN2O2/c1-11-6-7-14(17)16(8-11)21-10-12-4-2-3-5-13(12)15(9-18)19-20/h2-8,15H,10H2,1H3. The average Bonchev–Trinajstić information content (AvgIpc) is 2.50. The Morgan fingerprint density at radius 1 is 1.33 bits per heavy atom. The molecule has 21 heavy (non-hydrogen) atoms. The second kappa shape index (κ2) is 6.87. The third-order valence-electron chi connectivity index (χ3n) is 3.05. The van der Waals surface area contributed by atoms with E-state index in [1.807, 2.05) is 31.2 Å². The smallest absolute Gasteiger partial charge is 0.203 e. The summed E-state index contributed by atoms with van der Waals surface area (Å²) in [5.74, 6) is 0.569. The summed E-state index contributed by atoms with van der Waals surface area (Å²) in [4.78, 5) is 10.7. The summed E-state index contributed by atoms with van der Waals surface area (Å²) in [5, 5.41) is 12.3. The highest BCUT2D eigenvalue weighted by molar-refractivity contribution is 6.32. The Morgan fingerprint density at radius 3 is 2.81 bits per heavy atom. The predicted octanol–water partition coefficient (Wildman–Crippen LogP) is 4.56. The maximum atomic E-state index is 10.7. The van der Waals surface area contributed by atoms with Crippen molar-refractivity contribution < 1.29 is 4.74 Å². The molecule has 2 aromatic rings. The highest BCUT2D eigenvalue weighted by Crippen LogP contribution is 2.27. The number of hydrogen-bond acceptors (Lipinski definition) is 4. The van der Waals surface area contributed by atoms with Crippen LogP contribution in [0.3, 0.4) is 0 Å². The molecule has 0 aromatic heterocycles. The molecule has 5 heteroatoms. The Morgan fingerprint density at radius 2 is 2.10 bits per heavy atom. The predicted molar refractivity (Wildman–Crippen MR) is 81.1 cm³/mol. The number of rotatable bonds is 5. The fourth-order valence-electron chi connectivity index (χ4n) is 1.96. The van der Waals surface area contributed by atoms with Crippen LogP contribution in [0.15, 0.2) is 47.6 Å². The van der Waals surface area contributed by atoms with Crippen molar-refractivity contribution in [3.8, 4) is 11.8 Å². The van der Waals surface area contributed by atoms with Gasteiger partial charge in [-0.25, -0.2) is 0 Å². The largest absolute Gasteiger partial charge is 0.487 e. The van der Waals surface area contributed by atoms with Gasteiger partial charge in [-0.15, -0.1) is 4.91 Å². The molecule has 0 aliphatic rings. The minimum Gasteiger partial charge on any atom is -0.487 e. The third kappa shape index (κ3) is 3.59. The van der Waals surface area contributed by atoms with E-state index in [1.165, 1.54) is 0 Å². The topological polar surface area (TPSA) is 62.4 Å². The zero-order chi connectivity index (χ0) is 15.2. The molecule has 0 saturated carbocycles. The highest BCUT2D eigenvalue weighted by Gasteiger charge is 2.15. The molecule has 106 valence electrons. The van der Waals surface area contributed by atoms with Crippen LogP contribution in [0, 0.1) is 23.2 Å². The minimum absolute atomic E-state index is 0.215. The van der Waals surface area contributed by atoms with Gasteiger partial charge >= 0.3 is 0 Å². The lowest BCUT2D eigenvalue weighted by Crippen LogP contribution is -2.03. The zero-order valence-electron chi connectivity index (χ0n) is 11.4. The van der Waals surface area contributed by atoms with Crippen molar-refractivity contribution in [2.75, 3.05) is 0 Å². The molecule has 0 aliphatic carbocycles. The molecule has 0 fully saturated rings. The van der Waals surface area contributed by atoms with E-state index in [1.54, 1.807) is 24.3 Å². The highest BCUT2D eigenvalue weighted by atomic mass is 35.5. The Balaban J connectivity index is 2.23. The van der Waals surface area contributed by atoms with E-state index < -0.39 is 6.04 Å². The molecule has 0 spiro atoms. The first-order chi connectivity index (χ1) is 10.2. The van der Waals surface area contributed by atoms with Crippen LogP contribution < -0.4 is 4.74 Å². The van der Waals surface area contributed by atoms with Crippen LogP contribution in [-0.2, 0) is 6.61 Å². The van der Waals surface area contributed by atoms with E-state index in [2.05, 4.69) is 5.18 Å². The monoisotopic (exact) mass is 300 g/mol. The lowest BCUT2D eigenvalue weighted by atomic mass is 10.0. The van der Waals surface area contributed by atoms with Gasteiger partial charge in [-0.2, -0.15) is 5.26 Å². The van der Waals surface area contributed by atoms with E-state index in [0.29, 0.717) is 16.3 Å². The van der Waals surface area contributed by atoms with Gasteiger partial charge in [0.2, 0.25) is 6.04 Å². The van der Waals surface area contributed by atoms with Gasteiger partial charge in [0, 0.05) is 5.56 Å². The number of benzene rings is 2. The minimum atomic E-state index is -1.03. The molecule has 0 bridgehead atoms. The number of nitriles is 1. The first kappa shape index (κ1) is 15.0. The van der Waals surface area contributed by atoms with Gasteiger partial charge in [-0.05, 0) is 35.4 Å². The van der Waals surface area contributed by atoms with E-state index >= 15 is 0 Å². The fraction of sp³-hybridized carbons (Fsp3) is 0.188. The summed E-state index contributed by atoms with van der Waals surface area (Å²) in [6, 6.07) is 13.4. The number of nitroso groups, excluding NO2 is 1. The van der Waals surface area contributed by atoms with Gasteiger partial charge < -0.3 is 4.74 Å². The van der Waals surface area contributed by atoms with Crippen LogP contribution in [0.25, 0.3) is 0 Å². The molecule has 0 aliphatic heterocycles. The summed E-state index contributed by atoms with van der Waals surface area (Å²) in [6.07, 6.45) is 0. The average molecular weight is 301 g/mol. The van der Waals surface area contributed by atoms with Gasteiger partial charge in [-0.3, -0.25) is 0 Å². The molecule has 0 amide bonds. The van der Waals surface area contributed by atoms with E-state index in [9.17, 15) is 4.91 Å². The fourth-order valence-corrected chi connectivity index (χ4v) is 2.13. The van der Waals surface area contributed by atoms with E-state index in [-0.39, 0.29) is 6.61 Å². The maximum Gasteiger partial charge on any atom is 0.203 e. The van der Waals surface area contributed by atoms with Gasteiger partial charge in [0.25, 0.3) is 0 Å². The Kier molecular flexibility index (Phi) is 4.91. The molecule has 2 rings (SSSR count). The van der Waals surface area contributed by atoms with Crippen LogP contribution >= 0.6 is 11.6 Å². The summed E-state index contributed by atoms with van der Waals surface area (Å²) in [5.41, 5.74) is 2.33. The van der Waals surface area contributed by atoms with Gasteiger partial charge in [-0.1, -0.05) is 41.9 Å². The molecule has 1 unspecified atom stereocenters. The summed E-state index contributed by atoms with van der Waals surface area (Å²) < 4.78 is 5.70. The molecule has 0 N–H and O–H groups in total. The molecule has 0 saturated heterocycles. The second-order valence-electron chi connectivity index (χ2n) is 4.56. The molecule has 0 radical (unpaired) electrons. The Hall–Kier alpha value is -2.38. The van der Waals surface area contributed by atoms with E-state index in [0.717, 1.165) is 11.1 Å². The van der Waals surface area contributed by atoms with Crippen molar-refractivity contribution in [2.24, 2.45) is 5.18 Å². The van der Waals surface area contributed by atoms with Crippen molar-refractivity contribution in [1.29, 1.82) is 5.26 Å². The van der Waals surface area contributed by atoms with Crippen LogP contribution in [0.1, 0.15) is 22.7 Å². The maximum absolute atomic E-state index is 10.7. The summed E-state index contributed by atoms with van der Waals surface area (Å²) in [7, 11) is 0. The quantitative estimate of drug-likeness (QED) is 0.760. The van der Waals surface area contributed by atoms with Crippen molar-refractivity contribution in [2.45, 2.75) is 19.6 Å². The number of aryl methyl sites for hydroxylation is 1. The van der Waals surface area contributed by atoms with Gasteiger partial charge in [0.15, 0.2) is 0 Å². The molecule has 1 atom stereocenters.